The molecule has 0 fully saturated rings. The van der Waals surface area contributed by atoms with Crippen LogP contribution in [0.25, 0.3) is 0 Å². The van der Waals surface area contributed by atoms with Gasteiger partial charge >= 0.3 is 0 Å². The number of ether oxygens (including phenoxy) is 2. The van der Waals surface area contributed by atoms with Gasteiger partial charge in [0.2, 0.25) is 12.7 Å². The van der Waals surface area contributed by atoms with Crippen LogP contribution < -0.4 is 20.1 Å². The largest absolute Gasteiger partial charge is 0.454 e. The summed E-state index contributed by atoms with van der Waals surface area (Å²) in [6, 6.07) is 17.3. The maximum Gasteiger partial charge on any atom is 0.253 e. The summed E-state index contributed by atoms with van der Waals surface area (Å²) in [5.74, 6) is 0.738. The molecule has 1 aliphatic heterocycles. The molecule has 0 unspecified atom stereocenters. The van der Waals surface area contributed by atoms with E-state index in [-0.39, 0.29) is 25.0 Å². The molecule has 1 aliphatic rings. The SMILES string of the molecule is O=C(Cc1ccc(Cl)cc1Cl)Nc1ccccc1C(=O)NCc1ccc2c(c1)OCO2. The molecule has 1 heterocycles. The van der Waals surface area contributed by atoms with Crippen LogP contribution in [0.3, 0.4) is 0 Å². The topological polar surface area (TPSA) is 76.7 Å². The number of para-hydroxylation sites is 1. The van der Waals surface area contributed by atoms with Gasteiger partial charge in [0, 0.05) is 16.6 Å². The fraction of sp³-hybridized carbons (Fsp3) is 0.130. The first-order valence-corrected chi connectivity index (χ1v) is 10.2. The van der Waals surface area contributed by atoms with Gasteiger partial charge in [-0.15, -0.1) is 0 Å². The lowest BCUT2D eigenvalue weighted by molar-refractivity contribution is -0.115. The van der Waals surface area contributed by atoms with Crippen LogP contribution in [-0.2, 0) is 17.8 Å². The van der Waals surface area contributed by atoms with Crippen molar-refractivity contribution < 1.29 is 19.1 Å². The molecule has 0 atom stereocenters. The summed E-state index contributed by atoms with van der Waals surface area (Å²) < 4.78 is 10.7. The number of halogens is 2. The first-order chi connectivity index (χ1) is 15.0. The quantitative estimate of drug-likeness (QED) is 0.556. The van der Waals surface area contributed by atoms with Crippen LogP contribution in [0.5, 0.6) is 11.5 Å². The molecule has 0 aliphatic carbocycles. The van der Waals surface area contributed by atoms with Gasteiger partial charge in [-0.05, 0) is 47.5 Å². The fourth-order valence-electron chi connectivity index (χ4n) is 3.15. The molecule has 0 bridgehead atoms. The van der Waals surface area contributed by atoms with E-state index < -0.39 is 0 Å². The smallest absolute Gasteiger partial charge is 0.253 e. The molecule has 0 spiro atoms. The maximum atomic E-state index is 12.7. The highest BCUT2D eigenvalue weighted by Crippen LogP contribution is 2.32. The Balaban J connectivity index is 1.41. The van der Waals surface area contributed by atoms with E-state index in [0.717, 1.165) is 5.56 Å². The minimum Gasteiger partial charge on any atom is -0.454 e. The summed E-state index contributed by atoms with van der Waals surface area (Å²) in [5.41, 5.74) is 2.30. The predicted octanol–water partition coefficient (Wildman–Crippen LogP) is 4.83. The zero-order valence-corrected chi connectivity index (χ0v) is 17.8. The van der Waals surface area contributed by atoms with Crippen molar-refractivity contribution in [2.45, 2.75) is 13.0 Å². The monoisotopic (exact) mass is 456 g/mol. The number of nitrogens with one attached hydrogen (secondary N) is 2. The first-order valence-electron chi connectivity index (χ1n) is 9.49. The lowest BCUT2D eigenvalue weighted by Crippen LogP contribution is -2.25. The van der Waals surface area contributed by atoms with Crippen molar-refractivity contribution in [3.63, 3.8) is 0 Å². The summed E-state index contributed by atoms with van der Waals surface area (Å²) in [4.78, 5) is 25.3. The number of rotatable bonds is 6. The number of carbonyl (C=O) groups is 2. The van der Waals surface area contributed by atoms with E-state index >= 15 is 0 Å². The van der Waals surface area contributed by atoms with E-state index in [0.29, 0.717) is 44.9 Å². The minimum absolute atomic E-state index is 0.0587. The Bertz CT molecular complexity index is 1150. The maximum absolute atomic E-state index is 12.7. The van der Waals surface area contributed by atoms with Crippen LogP contribution in [-0.4, -0.2) is 18.6 Å². The molecule has 8 heteroatoms. The normalized spacial score (nSPS) is 11.8. The summed E-state index contributed by atoms with van der Waals surface area (Å²) in [7, 11) is 0. The second-order valence-corrected chi connectivity index (χ2v) is 7.72. The highest BCUT2D eigenvalue weighted by Gasteiger charge is 2.16. The van der Waals surface area contributed by atoms with Gasteiger partial charge in [0.25, 0.3) is 5.91 Å². The second-order valence-electron chi connectivity index (χ2n) is 6.88. The molecular weight excluding hydrogens is 439 g/mol. The summed E-state index contributed by atoms with van der Waals surface area (Å²) in [6.07, 6.45) is 0.0587. The Labute approximate surface area is 189 Å². The van der Waals surface area contributed by atoms with Crippen molar-refractivity contribution in [1.82, 2.24) is 5.32 Å². The number of fused-ring (bicyclic) bond motifs is 1. The van der Waals surface area contributed by atoms with E-state index in [2.05, 4.69) is 10.6 Å². The fourth-order valence-corrected chi connectivity index (χ4v) is 3.63. The van der Waals surface area contributed by atoms with Gasteiger partial charge in [-0.1, -0.05) is 47.5 Å². The van der Waals surface area contributed by atoms with Gasteiger partial charge < -0.3 is 20.1 Å². The number of carbonyl (C=O) groups excluding carboxylic acids is 2. The van der Waals surface area contributed by atoms with Gasteiger partial charge in [0.05, 0.1) is 17.7 Å². The van der Waals surface area contributed by atoms with Crippen molar-refractivity contribution in [3.8, 4) is 11.5 Å². The summed E-state index contributed by atoms with van der Waals surface area (Å²) >= 11 is 12.0. The molecule has 4 rings (SSSR count). The molecule has 3 aromatic carbocycles. The third kappa shape index (κ3) is 5.10. The van der Waals surface area contributed by atoms with Gasteiger partial charge in [0.15, 0.2) is 11.5 Å². The van der Waals surface area contributed by atoms with Crippen LogP contribution in [0.4, 0.5) is 5.69 Å². The molecule has 0 saturated heterocycles. The molecule has 31 heavy (non-hydrogen) atoms. The molecule has 2 N–H and O–H groups in total. The Morgan fingerprint density at radius 3 is 2.58 bits per heavy atom. The van der Waals surface area contributed by atoms with Gasteiger partial charge in [-0.2, -0.15) is 0 Å². The van der Waals surface area contributed by atoms with E-state index in [4.69, 9.17) is 32.7 Å². The van der Waals surface area contributed by atoms with Crippen molar-refractivity contribution in [2.24, 2.45) is 0 Å². The highest BCUT2D eigenvalue weighted by molar-refractivity contribution is 6.35. The van der Waals surface area contributed by atoms with Crippen LogP contribution in [0, 0.1) is 0 Å². The molecular formula is C23H18Cl2N2O4. The molecule has 2 amide bonds. The minimum atomic E-state index is -0.307. The number of amides is 2. The van der Waals surface area contributed by atoms with Crippen LogP contribution >= 0.6 is 23.2 Å². The van der Waals surface area contributed by atoms with E-state index in [9.17, 15) is 9.59 Å². The third-order valence-electron chi connectivity index (χ3n) is 4.70. The van der Waals surface area contributed by atoms with Crippen LogP contribution in [0.2, 0.25) is 10.0 Å². The third-order valence-corrected chi connectivity index (χ3v) is 5.29. The highest BCUT2D eigenvalue weighted by atomic mass is 35.5. The zero-order valence-electron chi connectivity index (χ0n) is 16.3. The van der Waals surface area contributed by atoms with Crippen molar-refractivity contribution in [1.29, 1.82) is 0 Å². The first kappa shape index (κ1) is 21.0. The lowest BCUT2D eigenvalue weighted by atomic mass is 10.1. The second kappa shape index (κ2) is 9.29. The van der Waals surface area contributed by atoms with Crippen molar-refractivity contribution in [3.05, 3.63) is 87.4 Å². The van der Waals surface area contributed by atoms with E-state index in [1.165, 1.54) is 0 Å². The lowest BCUT2D eigenvalue weighted by Gasteiger charge is -2.12. The summed E-state index contributed by atoms with van der Waals surface area (Å²) in [6.45, 7) is 0.498. The average molecular weight is 457 g/mol. The molecule has 0 aromatic heterocycles. The van der Waals surface area contributed by atoms with Crippen LogP contribution in [0.15, 0.2) is 60.7 Å². The molecule has 0 saturated carbocycles. The Morgan fingerprint density at radius 1 is 0.935 bits per heavy atom. The molecule has 6 nitrogen and oxygen atoms in total. The van der Waals surface area contributed by atoms with Gasteiger partial charge in [-0.3, -0.25) is 9.59 Å². The van der Waals surface area contributed by atoms with Gasteiger partial charge in [0.1, 0.15) is 0 Å². The standard InChI is InChI=1S/C23H18Cl2N2O4/c24-16-7-6-15(18(25)11-16)10-22(28)27-19-4-2-1-3-17(19)23(29)26-12-14-5-8-20-21(9-14)31-13-30-20/h1-9,11H,10,12-13H2,(H,26,29)(H,27,28). The number of hydrogen-bond acceptors (Lipinski definition) is 4. The van der Waals surface area contributed by atoms with Crippen LogP contribution in [0.1, 0.15) is 21.5 Å². The Morgan fingerprint density at radius 2 is 1.74 bits per heavy atom. The molecule has 0 radical (unpaired) electrons. The summed E-state index contributed by atoms with van der Waals surface area (Å²) in [5, 5.41) is 6.56. The van der Waals surface area contributed by atoms with Crippen molar-refractivity contribution >= 4 is 40.7 Å². The number of benzene rings is 3. The number of anilines is 1. The van der Waals surface area contributed by atoms with E-state index in [1.807, 2.05) is 12.1 Å². The Hall–Kier alpha value is -3.22. The van der Waals surface area contributed by atoms with Gasteiger partial charge in [-0.25, -0.2) is 0 Å². The van der Waals surface area contributed by atoms with Crippen molar-refractivity contribution in [2.75, 3.05) is 12.1 Å². The average Bonchev–Trinajstić information content (AvgIpc) is 3.22. The zero-order chi connectivity index (χ0) is 21.8. The van der Waals surface area contributed by atoms with E-state index in [1.54, 1.807) is 48.5 Å². The Kier molecular flexibility index (Phi) is 6.30. The molecule has 158 valence electrons. The number of hydrogen-bond donors (Lipinski definition) is 2. The molecule has 3 aromatic rings. The predicted molar refractivity (Wildman–Crippen MR) is 119 cm³/mol.